The van der Waals surface area contributed by atoms with Crippen LogP contribution >= 0.6 is 15.9 Å². The van der Waals surface area contributed by atoms with E-state index in [-0.39, 0.29) is 5.88 Å². The van der Waals surface area contributed by atoms with Gasteiger partial charge in [0.2, 0.25) is 5.88 Å². The second kappa shape index (κ2) is 6.33. The molecule has 1 heterocycles. The quantitative estimate of drug-likeness (QED) is 0.803. The first-order chi connectivity index (χ1) is 9.20. The molecule has 0 saturated heterocycles. The number of carbonyl (C=O) groups is 1. The first kappa shape index (κ1) is 13.5. The molecule has 5 heteroatoms. The monoisotopic (exact) mass is 321 g/mol. The molecule has 4 nitrogen and oxygen atoms in total. The Hall–Kier alpha value is -1.88. The van der Waals surface area contributed by atoms with Crippen LogP contribution in [-0.2, 0) is 4.74 Å². The maximum atomic E-state index is 11.8. The molecule has 0 saturated carbocycles. The number of halogens is 1. The van der Waals surface area contributed by atoms with Gasteiger partial charge >= 0.3 is 5.97 Å². The van der Waals surface area contributed by atoms with Crippen LogP contribution < -0.4 is 4.74 Å². The number of aromatic nitrogens is 1. The molecule has 0 unspecified atom stereocenters. The van der Waals surface area contributed by atoms with Crippen LogP contribution in [0.3, 0.4) is 0 Å². The van der Waals surface area contributed by atoms with Crippen LogP contribution in [0.5, 0.6) is 11.6 Å². The Morgan fingerprint density at radius 1 is 1.26 bits per heavy atom. The van der Waals surface area contributed by atoms with Gasteiger partial charge in [-0.05, 0) is 43.3 Å². The molecule has 2 aromatic rings. The summed E-state index contributed by atoms with van der Waals surface area (Å²) in [6.45, 7) is 2.06. The number of rotatable bonds is 4. The van der Waals surface area contributed by atoms with Crippen molar-refractivity contribution in [2.24, 2.45) is 0 Å². The van der Waals surface area contributed by atoms with E-state index < -0.39 is 5.97 Å². The predicted molar refractivity (Wildman–Crippen MR) is 74.4 cm³/mol. The average Bonchev–Trinajstić information content (AvgIpc) is 2.42. The predicted octanol–water partition coefficient (Wildman–Crippen LogP) is 3.81. The Kier molecular flexibility index (Phi) is 4.52. The molecule has 0 fully saturated rings. The lowest BCUT2D eigenvalue weighted by molar-refractivity contribution is 0.0522. The highest BCUT2D eigenvalue weighted by molar-refractivity contribution is 9.10. The van der Waals surface area contributed by atoms with Gasteiger partial charge in [0.1, 0.15) is 11.3 Å². The third-order valence-electron chi connectivity index (χ3n) is 2.29. The van der Waals surface area contributed by atoms with E-state index in [1.54, 1.807) is 37.4 Å². The fourth-order valence-electron chi connectivity index (χ4n) is 1.45. The summed E-state index contributed by atoms with van der Waals surface area (Å²) >= 11 is 3.34. The molecule has 0 aliphatic rings. The molecule has 0 bridgehead atoms. The lowest BCUT2D eigenvalue weighted by atomic mass is 10.2. The van der Waals surface area contributed by atoms with Gasteiger partial charge in [-0.2, -0.15) is 0 Å². The average molecular weight is 322 g/mol. The first-order valence-corrected chi connectivity index (χ1v) is 6.55. The standard InChI is InChI=1S/C14H12BrNO3/c1-2-18-14(17)12-4-3-9-16-13(12)19-11-7-5-10(15)6-8-11/h3-9H,2H2,1H3. The first-order valence-electron chi connectivity index (χ1n) is 5.76. The minimum absolute atomic E-state index is 0.239. The third kappa shape index (κ3) is 3.54. The number of hydrogen-bond acceptors (Lipinski definition) is 4. The zero-order chi connectivity index (χ0) is 13.7. The summed E-state index contributed by atoms with van der Waals surface area (Å²) < 4.78 is 11.5. The number of esters is 1. The molecule has 19 heavy (non-hydrogen) atoms. The largest absolute Gasteiger partial charge is 0.462 e. The summed E-state index contributed by atoms with van der Waals surface area (Å²) in [5.41, 5.74) is 0.312. The Balaban J connectivity index is 2.24. The Morgan fingerprint density at radius 2 is 2.00 bits per heavy atom. The van der Waals surface area contributed by atoms with E-state index in [9.17, 15) is 4.79 Å². The number of pyridine rings is 1. The van der Waals surface area contributed by atoms with Crippen molar-refractivity contribution in [1.82, 2.24) is 4.98 Å². The van der Waals surface area contributed by atoms with Crippen LogP contribution in [0.15, 0.2) is 47.1 Å². The number of carbonyl (C=O) groups excluding carboxylic acids is 1. The zero-order valence-electron chi connectivity index (χ0n) is 10.3. The Morgan fingerprint density at radius 3 is 2.68 bits per heavy atom. The normalized spacial score (nSPS) is 10.0. The lowest BCUT2D eigenvalue weighted by Gasteiger charge is -2.09. The highest BCUT2D eigenvalue weighted by Crippen LogP contribution is 2.24. The fourth-order valence-corrected chi connectivity index (χ4v) is 1.71. The van der Waals surface area contributed by atoms with Gasteiger partial charge in [-0.15, -0.1) is 0 Å². The molecular formula is C14H12BrNO3. The van der Waals surface area contributed by atoms with Gasteiger partial charge in [0.25, 0.3) is 0 Å². The topological polar surface area (TPSA) is 48.4 Å². The Labute approximate surface area is 119 Å². The molecule has 0 atom stereocenters. The molecule has 0 aliphatic carbocycles. The molecular weight excluding hydrogens is 310 g/mol. The number of ether oxygens (including phenoxy) is 2. The maximum absolute atomic E-state index is 11.8. The lowest BCUT2D eigenvalue weighted by Crippen LogP contribution is -2.07. The summed E-state index contributed by atoms with van der Waals surface area (Å²) in [6.07, 6.45) is 1.57. The van der Waals surface area contributed by atoms with Crippen LogP contribution in [0.25, 0.3) is 0 Å². The van der Waals surface area contributed by atoms with Crippen molar-refractivity contribution >= 4 is 21.9 Å². The second-order valence-electron chi connectivity index (χ2n) is 3.63. The van der Waals surface area contributed by atoms with Crippen molar-refractivity contribution in [3.63, 3.8) is 0 Å². The molecule has 1 aromatic heterocycles. The summed E-state index contributed by atoms with van der Waals surface area (Å²) in [5.74, 6) is 0.401. The van der Waals surface area contributed by atoms with Gasteiger partial charge < -0.3 is 9.47 Å². The van der Waals surface area contributed by atoms with Crippen LogP contribution in [0.1, 0.15) is 17.3 Å². The van der Waals surface area contributed by atoms with E-state index in [2.05, 4.69) is 20.9 Å². The van der Waals surface area contributed by atoms with E-state index in [1.165, 1.54) is 0 Å². The number of hydrogen-bond donors (Lipinski definition) is 0. The number of nitrogens with zero attached hydrogens (tertiary/aromatic N) is 1. The van der Waals surface area contributed by atoms with E-state index in [0.717, 1.165) is 4.47 Å². The van der Waals surface area contributed by atoms with Gasteiger partial charge in [-0.1, -0.05) is 15.9 Å². The highest BCUT2D eigenvalue weighted by Gasteiger charge is 2.15. The number of benzene rings is 1. The third-order valence-corrected chi connectivity index (χ3v) is 2.82. The minimum Gasteiger partial charge on any atom is -0.462 e. The molecule has 0 radical (unpaired) electrons. The van der Waals surface area contributed by atoms with Crippen molar-refractivity contribution in [1.29, 1.82) is 0 Å². The summed E-state index contributed by atoms with van der Waals surface area (Å²) in [6, 6.07) is 10.6. The summed E-state index contributed by atoms with van der Waals surface area (Å²) in [5, 5.41) is 0. The molecule has 0 spiro atoms. The highest BCUT2D eigenvalue weighted by atomic mass is 79.9. The van der Waals surface area contributed by atoms with Crippen molar-refractivity contribution in [2.45, 2.75) is 6.92 Å². The van der Waals surface area contributed by atoms with E-state index >= 15 is 0 Å². The van der Waals surface area contributed by atoms with E-state index in [1.807, 2.05) is 12.1 Å². The summed E-state index contributed by atoms with van der Waals surface area (Å²) in [7, 11) is 0. The molecule has 0 amide bonds. The van der Waals surface area contributed by atoms with Crippen molar-refractivity contribution < 1.29 is 14.3 Å². The van der Waals surface area contributed by atoms with Crippen molar-refractivity contribution in [3.8, 4) is 11.6 Å². The second-order valence-corrected chi connectivity index (χ2v) is 4.55. The van der Waals surface area contributed by atoms with Crippen molar-refractivity contribution in [2.75, 3.05) is 6.61 Å². The van der Waals surface area contributed by atoms with E-state index in [0.29, 0.717) is 17.9 Å². The SMILES string of the molecule is CCOC(=O)c1cccnc1Oc1ccc(Br)cc1. The van der Waals surface area contributed by atoms with Gasteiger partial charge in [-0.3, -0.25) is 0 Å². The van der Waals surface area contributed by atoms with E-state index in [4.69, 9.17) is 9.47 Å². The summed E-state index contributed by atoms with van der Waals surface area (Å²) in [4.78, 5) is 15.8. The van der Waals surface area contributed by atoms with Gasteiger partial charge in [0.05, 0.1) is 6.61 Å². The van der Waals surface area contributed by atoms with Crippen LogP contribution in [0.4, 0.5) is 0 Å². The fraction of sp³-hybridized carbons (Fsp3) is 0.143. The smallest absolute Gasteiger partial charge is 0.343 e. The zero-order valence-corrected chi connectivity index (χ0v) is 11.9. The van der Waals surface area contributed by atoms with Gasteiger partial charge in [-0.25, -0.2) is 9.78 Å². The molecule has 2 rings (SSSR count). The van der Waals surface area contributed by atoms with Crippen LogP contribution in [-0.4, -0.2) is 17.6 Å². The van der Waals surface area contributed by atoms with Gasteiger partial charge in [0.15, 0.2) is 0 Å². The minimum atomic E-state index is -0.442. The molecule has 0 aliphatic heterocycles. The Bertz CT molecular complexity index is 569. The maximum Gasteiger partial charge on any atom is 0.343 e. The molecule has 0 N–H and O–H groups in total. The molecule has 98 valence electrons. The van der Waals surface area contributed by atoms with Crippen LogP contribution in [0.2, 0.25) is 0 Å². The molecule has 1 aromatic carbocycles. The van der Waals surface area contributed by atoms with Crippen LogP contribution in [0, 0.1) is 0 Å². The van der Waals surface area contributed by atoms with Gasteiger partial charge in [0, 0.05) is 10.7 Å². The van der Waals surface area contributed by atoms with Crippen molar-refractivity contribution in [3.05, 3.63) is 52.6 Å².